The van der Waals surface area contributed by atoms with Crippen LogP contribution in [0.15, 0.2) is 6.33 Å². The zero-order valence-electron chi connectivity index (χ0n) is 9.39. The Morgan fingerprint density at radius 3 is 2.67 bits per heavy atom. The molecule has 100 valence electrons. The molecule has 1 fully saturated rings. The van der Waals surface area contributed by atoms with Crippen LogP contribution in [0, 0.1) is 0 Å². The van der Waals surface area contributed by atoms with Crippen molar-refractivity contribution in [2.24, 2.45) is 0 Å². The van der Waals surface area contributed by atoms with Crippen LogP contribution >= 0.6 is 0 Å². The lowest BCUT2D eigenvalue weighted by molar-refractivity contribution is -0.162. The van der Waals surface area contributed by atoms with Crippen LogP contribution in [0.4, 0.5) is 19.1 Å². The van der Waals surface area contributed by atoms with E-state index in [4.69, 9.17) is 5.73 Å². The molecule has 0 spiro atoms. The molecule has 1 saturated carbocycles. The number of nitrogen functional groups attached to an aromatic ring is 1. The molecule has 1 aromatic heterocycles. The van der Waals surface area contributed by atoms with E-state index in [2.05, 4.69) is 10.1 Å². The van der Waals surface area contributed by atoms with Gasteiger partial charge in [-0.2, -0.15) is 13.2 Å². The summed E-state index contributed by atoms with van der Waals surface area (Å²) >= 11 is 0. The first kappa shape index (κ1) is 12.7. The maximum Gasteiger partial charge on any atom is 0.406 e. The first-order valence-corrected chi connectivity index (χ1v) is 5.36. The van der Waals surface area contributed by atoms with Crippen LogP contribution in [0.1, 0.15) is 12.8 Å². The van der Waals surface area contributed by atoms with Crippen molar-refractivity contribution in [2.75, 3.05) is 12.3 Å². The van der Waals surface area contributed by atoms with Crippen molar-refractivity contribution in [2.45, 2.75) is 31.6 Å². The third-order valence-corrected chi connectivity index (χ3v) is 2.51. The molecule has 1 amide bonds. The van der Waals surface area contributed by atoms with Crippen LogP contribution < -0.4 is 5.73 Å². The first-order valence-electron chi connectivity index (χ1n) is 5.36. The lowest BCUT2D eigenvalue weighted by Crippen LogP contribution is -2.42. The Labute approximate surface area is 101 Å². The number of nitrogens with zero attached hydrogens (tertiary/aromatic N) is 4. The molecular weight excluding hydrogens is 251 g/mol. The van der Waals surface area contributed by atoms with E-state index in [0.717, 1.165) is 9.58 Å². The fourth-order valence-corrected chi connectivity index (χ4v) is 1.61. The molecule has 0 unspecified atom stereocenters. The predicted octanol–water partition coefficient (Wildman–Crippen LogP) is 0.414. The Kier molecular flexibility index (Phi) is 3.14. The van der Waals surface area contributed by atoms with Crippen LogP contribution in [0.25, 0.3) is 0 Å². The van der Waals surface area contributed by atoms with Crippen molar-refractivity contribution in [3.63, 3.8) is 0 Å². The monoisotopic (exact) mass is 263 g/mol. The van der Waals surface area contributed by atoms with E-state index in [1.54, 1.807) is 0 Å². The molecule has 0 aromatic carbocycles. The molecule has 1 aliphatic carbocycles. The summed E-state index contributed by atoms with van der Waals surface area (Å²) in [6, 6.07) is -0.306. The minimum absolute atomic E-state index is 0.0170. The van der Waals surface area contributed by atoms with E-state index >= 15 is 0 Å². The third-order valence-electron chi connectivity index (χ3n) is 2.51. The second-order valence-electron chi connectivity index (χ2n) is 4.17. The summed E-state index contributed by atoms with van der Waals surface area (Å²) in [5.74, 6) is -0.642. The Morgan fingerprint density at radius 1 is 1.56 bits per heavy atom. The molecule has 18 heavy (non-hydrogen) atoms. The third kappa shape index (κ3) is 3.34. The number of hydrogen-bond acceptors (Lipinski definition) is 4. The predicted molar refractivity (Wildman–Crippen MR) is 55.2 cm³/mol. The Balaban J connectivity index is 2.00. The van der Waals surface area contributed by atoms with Gasteiger partial charge >= 0.3 is 6.18 Å². The van der Waals surface area contributed by atoms with Gasteiger partial charge in [0.2, 0.25) is 11.9 Å². The molecule has 9 heteroatoms. The zero-order chi connectivity index (χ0) is 13.3. The van der Waals surface area contributed by atoms with Crippen LogP contribution in [0.3, 0.4) is 0 Å². The van der Waals surface area contributed by atoms with E-state index in [9.17, 15) is 18.0 Å². The molecule has 1 aliphatic rings. The summed E-state index contributed by atoms with van der Waals surface area (Å²) in [5.41, 5.74) is 5.26. The van der Waals surface area contributed by atoms with Crippen molar-refractivity contribution in [3.05, 3.63) is 6.33 Å². The van der Waals surface area contributed by atoms with Crippen LogP contribution in [0.5, 0.6) is 0 Å². The quantitative estimate of drug-likeness (QED) is 0.853. The van der Waals surface area contributed by atoms with Gasteiger partial charge in [0.05, 0.1) is 0 Å². The fraction of sp³-hybridized carbons (Fsp3) is 0.667. The van der Waals surface area contributed by atoms with Crippen molar-refractivity contribution in [1.29, 1.82) is 0 Å². The Bertz CT molecular complexity index is 440. The number of nitrogens with two attached hydrogens (primary N) is 1. The topological polar surface area (TPSA) is 77.0 Å². The summed E-state index contributed by atoms with van der Waals surface area (Å²) in [6.07, 6.45) is -1.95. The maximum absolute atomic E-state index is 12.3. The maximum atomic E-state index is 12.3. The van der Waals surface area contributed by atoms with Gasteiger partial charge in [0.15, 0.2) is 0 Å². The van der Waals surface area contributed by atoms with Gasteiger partial charge in [0.1, 0.15) is 19.4 Å². The van der Waals surface area contributed by atoms with E-state index in [0.29, 0.717) is 12.8 Å². The highest BCUT2D eigenvalue weighted by Gasteiger charge is 2.40. The highest BCUT2D eigenvalue weighted by molar-refractivity contribution is 5.76. The summed E-state index contributed by atoms with van der Waals surface area (Å²) in [7, 11) is 0. The molecule has 1 heterocycles. The number of carbonyl (C=O) groups is 1. The smallest absolute Gasteiger partial charge is 0.367 e. The number of alkyl halides is 3. The highest BCUT2D eigenvalue weighted by atomic mass is 19.4. The van der Waals surface area contributed by atoms with E-state index in [-0.39, 0.29) is 18.5 Å². The number of amides is 1. The van der Waals surface area contributed by atoms with Gasteiger partial charge in [-0.1, -0.05) is 0 Å². The van der Waals surface area contributed by atoms with E-state index < -0.39 is 18.6 Å². The second-order valence-corrected chi connectivity index (χ2v) is 4.17. The highest BCUT2D eigenvalue weighted by Crippen LogP contribution is 2.30. The second kappa shape index (κ2) is 4.46. The summed E-state index contributed by atoms with van der Waals surface area (Å²) < 4.78 is 38.2. The summed E-state index contributed by atoms with van der Waals surface area (Å²) in [6.45, 7) is -1.50. The minimum Gasteiger partial charge on any atom is -0.367 e. The average Bonchev–Trinajstić information content (AvgIpc) is 2.99. The molecule has 2 rings (SSSR count). The molecule has 0 atom stereocenters. The lowest BCUT2D eigenvalue weighted by atomic mass is 10.4. The average molecular weight is 263 g/mol. The standard InChI is InChI=1S/C9H12F3N5O/c10-9(11,12)4-17(6-1-2-6)7(18)3-16-5-14-8(13)15-16/h5-6H,1-4H2,(H2,13,15). The molecule has 0 bridgehead atoms. The number of rotatable bonds is 4. The number of carbonyl (C=O) groups excluding carboxylic acids is 1. The molecule has 0 aliphatic heterocycles. The number of halogens is 3. The molecule has 0 saturated heterocycles. The van der Waals surface area contributed by atoms with Crippen LogP contribution in [0.2, 0.25) is 0 Å². The van der Waals surface area contributed by atoms with E-state index in [1.165, 1.54) is 6.33 Å². The van der Waals surface area contributed by atoms with Crippen molar-refractivity contribution >= 4 is 11.9 Å². The number of anilines is 1. The normalized spacial score (nSPS) is 15.7. The van der Waals surface area contributed by atoms with Crippen LogP contribution in [-0.2, 0) is 11.3 Å². The van der Waals surface area contributed by atoms with Gasteiger partial charge in [-0.15, -0.1) is 5.10 Å². The van der Waals surface area contributed by atoms with Gasteiger partial charge in [-0.05, 0) is 12.8 Å². The number of aromatic nitrogens is 3. The Hall–Kier alpha value is -1.80. The first-order chi connectivity index (χ1) is 8.35. The molecule has 6 nitrogen and oxygen atoms in total. The van der Waals surface area contributed by atoms with Crippen LogP contribution in [-0.4, -0.2) is 44.3 Å². The fourth-order valence-electron chi connectivity index (χ4n) is 1.61. The largest absolute Gasteiger partial charge is 0.406 e. The van der Waals surface area contributed by atoms with Gasteiger partial charge in [0.25, 0.3) is 0 Å². The molecule has 0 radical (unpaired) electrons. The minimum atomic E-state index is -4.39. The molecular formula is C9H12F3N5O. The zero-order valence-corrected chi connectivity index (χ0v) is 9.39. The number of hydrogen-bond donors (Lipinski definition) is 1. The van der Waals surface area contributed by atoms with Crippen molar-refractivity contribution in [3.8, 4) is 0 Å². The van der Waals surface area contributed by atoms with Gasteiger partial charge in [-0.25, -0.2) is 9.67 Å². The van der Waals surface area contributed by atoms with Gasteiger partial charge < -0.3 is 10.6 Å². The van der Waals surface area contributed by atoms with E-state index in [1.807, 2.05) is 0 Å². The van der Waals surface area contributed by atoms with Crippen molar-refractivity contribution < 1.29 is 18.0 Å². The Morgan fingerprint density at radius 2 is 2.22 bits per heavy atom. The van der Waals surface area contributed by atoms with Crippen molar-refractivity contribution in [1.82, 2.24) is 19.7 Å². The molecule has 1 aromatic rings. The summed E-state index contributed by atoms with van der Waals surface area (Å²) in [5, 5.41) is 3.66. The lowest BCUT2D eigenvalue weighted by Gasteiger charge is -2.23. The van der Waals surface area contributed by atoms with Gasteiger partial charge in [-0.3, -0.25) is 4.79 Å². The summed E-state index contributed by atoms with van der Waals surface area (Å²) in [4.78, 5) is 16.2. The molecule has 2 N–H and O–H groups in total. The SMILES string of the molecule is Nc1ncn(CC(=O)N(CC(F)(F)F)C2CC2)n1. The van der Waals surface area contributed by atoms with Gasteiger partial charge in [0, 0.05) is 6.04 Å².